The van der Waals surface area contributed by atoms with Crippen LogP contribution in [0.5, 0.6) is 0 Å². The lowest BCUT2D eigenvalue weighted by Crippen LogP contribution is -2.41. The molecule has 5 nitrogen and oxygen atoms in total. The Morgan fingerprint density at radius 2 is 1.37 bits per heavy atom. The third-order valence-electron chi connectivity index (χ3n) is 2.07. The summed E-state index contributed by atoms with van der Waals surface area (Å²) in [6.45, 7) is 13.8. The minimum Gasteiger partial charge on any atom is -0.396 e. The molecular formula is C14H34N2O3. The van der Waals surface area contributed by atoms with E-state index in [0.29, 0.717) is 6.54 Å². The lowest BCUT2D eigenvalue weighted by atomic mass is 10.1. The molecule has 0 saturated carbocycles. The van der Waals surface area contributed by atoms with Crippen LogP contribution < -0.4 is 10.6 Å². The summed E-state index contributed by atoms with van der Waals surface area (Å²) < 4.78 is 0. The van der Waals surface area contributed by atoms with Gasteiger partial charge in [0, 0.05) is 24.2 Å². The van der Waals surface area contributed by atoms with Gasteiger partial charge in [-0.1, -0.05) is 0 Å². The molecule has 118 valence electrons. The van der Waals surface area contributed by atoms with Crippen molar-refractivity contribution in [1.82, 2.24) is 10.6 Å². The SMILES string of the molecule is CC(C)(C)NCC(O)CO.CC(C)(C)NCCCO. The molecule has 0 rings (SSSR count). The van der Waals surface area contributed by atoms with Crippen LogP contribution in [0.25, 0.3) is 0 Å². The highest BCUT2D eigenvalue weighted by molar-refractivity contribution is 4.72. The third-order valence-corrected chi connectivity index (χ3v) is 2.07. The minimum atomic E-state index is -0.640. The van der Waals surface area contributed by atoms with Crippen molar-refractivity contribution in [3.63, 3.8) is 0 Å². The highest BCUT2D eigenvalue weighted by atomic mass is 16.3. The average Bonchev–Trinajstić information content (AvgIpc) is 2.24. The smallest absolute Gasteiger partial charge is 0.0895 e. The molecule has 19 heavy (non-hydrogen) atoms. The summed E-state index contributed by atoms with van der Waals surface area (Å²) in [5.74, 6) is 0. The van der Waals surface area contributed by atoms with Gasteiger partial charge < -0.3 is 26.0 Å². The van der Waals surface area contributed by atoms with Crippen molar-refractivity contribution in [3.8, 4) is 0 Å². The quantitative estimate of drug-likeness (QED) is 0.457. The first-order chi connectivity index (χ1) is 8.52. The van der Waals surface area contributed by atoms with Gasteiger partial charge in [0.05, 0.1) is 12.7 Å². The summed E-state index contributed by atoms with van der Waals surface area (Å²) in [7, 11) is 0. The van der Waals surface area contributed by atoms with E-state index < -0.39 is 6.10 Å². The largest absolute Gasteiger partial charge is 0.396 e. The van der Waals surface area contributed by atoms with Crippen LogP contribution in [0.1, 0.15) is 48.0 Å². The van der Waals surface area contributed by atoms with Gasteiger partial charge in [0.1, 0.15) is 0 Å². The van der Waals surface area contributed by atoms with Crippen molar-refractivity contribution in [3.05, 3.63) is 0 Å². The zero-order valence-electron chi connectivity index (χ0n) is 13.5. The first-order valence-electron chi connectivity index (χ1n) is 6.91. The van der Waals surface area contributed by atoms with Gasteiger partial charge in [-0.05, 0) is 54.5 Å². The zero-order valence-corrected chi connectivity index (χ0v) is 13.5. The molecule has 0 radical (unpaired) electrons. The van der Waals surface area contributed by atoms with E-state index in [-0.39, 0.29) is 24.3 Å². The molecule has 0 aromatic rings. The second-order valence-electron chi connectivity index (χ2n) is 6.72. The minimum absolute atomic E-state index is 0.0101. The molecule has 0 aliphatic heterocycles. The number of rotatable bonds is 6. The monoisotopic (exact) mass is 278 g/mol. The number of aliphatic hydroxyl groups excluding tert-OH is 3. The van der Waals surface area contributed by atoms with Crippen molar-refractivity contribution in [2.75, 3.05) is 26.3 Å². The molecule has 0 aliphatic rings. The highest BCUT2D eigenvalue weighted by Crippen LogP contribution is 1.98. The van der Waals surface area contributed by atoms with E-state index in [9.17, 15) is 0 Å². The van der Waals surface area contributed by atoms with Gasteiger partial charge in [-0.25, -0.2) is 0 Å². The maximum absolute atomic E-state index is 8.91. The Labute approximate surface area is 118 Å². The summed E-state index contributed by atoms with van der Waals surface area (Å²) >= 11 is 0. The fourth-order valence-electron chi connectivity index (χ4n) is 1.03. The van der Waals surface area contributed by atoms with Crippen LogP contribution in [0, 0.1) is 0 Å². The molecule has 0 aliphatic carbocycles. The van der Waals surface area contributed by atoms with Gasteiger partial charge in [0.2, 0.25) is 0 Å². The van der Waals surface area contributed by atoms with Gasteiger partial charge in [-0.15, -0.1) is 0 Å². The molecule has 1 atom stereocenters. The van der Waals surface area contributed by atoms with E-state index in [1.807, 2.05) is 20.8 Å². The second kappa shape index (κ2) is 10.6. The third kappa shape index (κ3) is 23.3. The highest BCUT2D eigenvalue weighted by Gasteiger charge is 2.10. The fraction of sp³-hybridized carbons (Fsp3) is 1.00. The molecule has 5 N–H and O–H groups in total. The molecule has 0 amide bonds. The van der Waals surface area contributed by atoms with Crippen LogP contribution in [0.3, 0.4) is 0 Å². The number of aliphatic hydroxyl groups is 3. The van der Waals surface area contributed by atoms with Crippen molar-refractivity contribution < 1.29 is 15.3 Å². The summed E-state index contributed by atoms with van der Waals surface area (Å²) in [6.07, 6.45) is 0.205. The summed E-state index contributed by atoms with van der Waals surface area (Å²) in [6, 6.07) is 0. The molecule has 0 fully saturated rings. The Bertz CT molecular complexity index is 198. The van der Waals surface area contributed by atoms with Crippen molar-refractivity contribution in [2.24, 2.45) is 0 Å². The molecule has 0 aromatic carbocycles. The Morgan fingerprint density at radius 1 is 0.895 bits per heavy atom. The van der Waals surface area contributed by atoms with E-state index in [1.165, 1.54) is 0 Å². The molecule has 0 aromatic heterocycles. The van der Waals surface area contributed by atoms with Crippen LogP contribution in [0.15, 0.2) is 0 Å². The molecule has 1 unspecified atom stereocenters. The van der Waals surface area contributed by atoms with E-state index in [1.54, 1.807) is 0 Å². The van der Waals surface area contributed by atoms with Crippen molar-refractivity contribution in [2.45, 2.75) is 65.1 Å². The number of hydrogen-bond donors (Lipinski definition) is 5. The van der Waals surface area contributed by atoms with Gasteiger partial charge in [-0.2, -0.15) is 0 Å². The molecule has 0 bridgehead atoms. The topological polar surface area (TPSA) is 84.8 Å². The van der Waals surface area contributed by atoms with Gasteiger partial charge in [0.15, 0.2) is 0 Å². The van der Waals surface area contributed by atoms with Crippen LogP contribution in [0.4, 0.5) is 0 Å². The summed E-state index contributed by atoms with van der Waals surface area (Å²) in [4.78, 5) is 0. The van der Waals surface area contributed by atoms with E-state index in [0.717, 1.165) is 13.0 Å². The normalized spacial score (nSPS) is 13.7. The first-order valence-corrected chi connectivity index (χ1v) is 6.91. The Kier molecular flexibility index (Phi) is 11.7. The molecule has 0 heterocycles. The summed E-state index contributed by atoms with van der Waals surface area (Å²) in [5, 5.41) is 32.1. The van der Waals surface area contributed by atoms with Gasteiger partial charge in [-0.3, -0.25) is 0 Å². The molecule has 0 saturated heterocycles. The lowest BCUT2D eigenvalue weighted by Gasteiger charge is -2.21. The lowest BCUT2D eigenvalue weighted by molar-refractivity contribution is 0.0888. The zero-order chi connectivity index (χ0) is 15.5. The average molecular weight is 278 g/mol. The van der Waals surface area contributed by atoms with Crippen LogP contribution >= 0.6 is 0 Å². The summed E-state index contributed by atoms with van der Waals surface area (Å²) in [5.41, 5.74) is 0.200. The second-order valence-corrected chi connectivity index (χ2v) is 6.72. The van der Waals surface area contributed by atoms with Crippen LogP contribution in [-0.2, 0) is 0 Å². The standard InChI is InChI=1S/C7H17NO2.C7H17NO/c1-7(2,3)8-4-6(10)5-9;1-7(2,3)8-5-4-6-9/h6,8-10H,4-5H2,1-3H3;8-9H,4-6H2,1-3H3. The Morgan fingerprint density at radius 3 is 1.68 bits per heavy atom. The van der Waals surface area contributed by atoms with Crippen molar-refractivity contribution in [1.29, 1.82) is 0 Å². The molecular weight excluding hydrogens is 244 g/mol. The first kappa shape index (κ1) is 21.1. The number of β-amino-alcohol motifs (C(OH)–C–C–N with tert-alkyl or cyclic N) is 1. The van der Waals surface area contributed by atoms with Gasteiger partial charge >= 0.3 is 0 Å². The van der Waals surface area contributed by atoms with E-state index >= 15 is 0 Å². The maximum atomic E-state index is 8.91. The van der Waals surface area contributed by atoms with Crippen LogP contribution in [0.2, 0.25) is 0 Å². The van der Waals surface area contributed by atoms with E-state index in [2.05, 4.69) is 31.4 Å². The van der Waals surface area contributed by atoms with Gasteiger partial charge in [0.25, 0.3) is 0 Å². The maximum Gasteiger partial charge on any atom is 0.0895 e. The molecule has 0 spiro atoms. The predicted octanol–water partition coefficient (Wildman–Crippen LogP) is 0.485. The van der Waals surface area contributed by atoms with E-state index in [4.69, 9.17) is 15.3 Å². The predicted molar refractivity (Wildman–Crippen MR) is 80.3 cm³/mol. The number of hydrogen-bond acceptors (Lipinski definition) is 5. The fourth-order valence-corrected chi connectivity index (χ4v) is 1.03. The Hall–Kier alpha value is -0.200. The number of nitrogens with one attached hydrogen (secondary N) is 2. The Balaban J connectivity index is 0. The van der Waals surface area contributed by atoms with Crippen molar-refractivity contribution >= 4 is 0 Å². The van der Waals surface area contributed by atoms with Crippen LogP contribution in [-0.4, -0.2) is 58.8 Å². The molecule has 5 heteroatoms.